The van der Waals surface area contributed by atoms with Crippen LogP contribution in [0.3, 0.4) is 0 Å². The molecule has 1 heterocycles. The SMILES string of the molecule is CCNC(=O)NC1CCC(OC(=O)/C=C/c2cccc3cccnc23)CC1. The minimum atomic E-state index is -0.344. The van der Waals surface area contributed by atoms with E-state index in [4.69, 9.17) is 4.74 Å². The van der Waals surface area contributed by atoms with Crippen LogP contribution in [-0.4, -0.2) is 35.7 Å². The molecule has 0 bridgehead atoms. The number of carbonyl (C=O) groups excluding carboxylic acids is 2. The highest BCUT2D eigenvalue weighted by molar-refractivity contribution is 5.92. The number of aromatic nitrogens is 1. The van der Waals surface area contributed by atoms with Gasteiger partial charge < -0.3 is 15.4 Å². The molecule has 0 spiro atoms. The van der Waals surface area contributed by atoms with Crippen molar-refractivity contribution in [2.75, 3.05) is 6.54 Å². The van der Waals surface area contributed by atoms with E-state index < -0.39 is 0 Å². The molecule has 0 saturated heterocycles. The van der Waals surface area contributed by atoms with Gasteiger partial charge in [0.25, 0.3) is 0 Å². The zero-order valence-electron chi connectivity index (χ0n) is 15.5. The van der Waals surface area contributed by atoms with Crippen molar-refractivity contribution >= 4 is 29.0 Å². The highest BCUT2D eigenvalue weighted by Gasteiger charge is 2.24. The number of pyridine rings is 1. The van der Waals surface area contributed by atoms with Crippen LogP contribution in [0.15, 0.2) is 42.6 Å². The highest BCUT2D eigenvalue weighted by Crippen LogP contribution is 2.22. The molecular weight excluding hydrogens is 342 g/mol. The van der Waals surface area contributed by atoms with Gasteiger partial charge in [0.05, 0.1) is 5.52 Å². The molecule has 0 unspecified atom stereocenters. The van der Waals surface area contributed by atoms with E-state index >= 15 is 0 Å². The van der Waals surface area contributed by atoms with Gasteiger partial charge >= 0.3 is 12.0 Å². The molecule has 6 nitrogen and oxygen atoms in total. The van der Waals surface area contributed by atoms with Crippen LogP contribution in [0.5, 0.6) is 0 Å². The summed E-state index contributed by atoms with van der Waals surface area (Å²) in [5.74, 6) is -0.344. The second-order valence-corrected chi connectivity index (χ2v) is 6.67. The standard InChI is InChI=1S/C21H25N3O3/c1-2-22-21(26)24-17-9-11-18(12-10-17)27-19(25)13-8-16-6-3-5-15-7-4-14-23-20(15)16/h3-8,13-14,17-18H,2,9-12H2,1H3,(H2,22,24,26)/b13-8+. The Hall–Kier alpha value is -2.89. The van der Waals surface area contributed by atoms with E-state index in [1.807, 2.05) is 37.3 Å². The summed E-state index contributed by atoms with van der Waals surface area (Å²) >= 11 is 0. The lowest BCUT2D eigenvalue weighted by atomic mass is 9.93. The Morgan fingerprint density at radius 1 is 1.19 bits per heavy atom. The predicted octanol–water partition coefficient (Wildman–Crippen LogP) is 3.42. The zero-order valence-corrected chi connectivity index (χ0v) is 15.5. The van der Waals surface area contributed by atoms with Crippen LogP contribution in [0.1, 0.15) is 38.2 Å². The quantitative estimate of drug-likeness (QED) is 0.627. The van der Waals surface area contributed by atoms with Gasteiger partial charge in [0.1, 0.15) is 6.10 Å². The average molecular weight is 367 g/mol. The topological polar surface area (TPSA) is 80.3 Å². The number of ether oxygens (including phenoxy) is 1. The fourth-order valence-corrected chi connectivity index (χ4v) is 3.35. The van der Waals surface area contributed by atoms with Gasteiger partial charge in [0.15, 0.2) is 0 Å². The number of para-hydroxylation sites is 1. The van der Waals surface area contributed by atoms with E-state index in [1.165, 1.54) is 6.08 Å². The number of nitrogens with zero attached hydrogens (tertiary/aromatic N) is 1. The number of nitrogens with one attached hydrogen (secondary N) is 2. The fourth-order valence-electron chi connectivity index (χ4n) is 3.35. The smallest absolute Gasteiger partial charge is 0.331 e. The number of hydrogen-bond acceptors (Lipinski definition) is 4. The predicted molar refractivity (Wildman–Crippen MR) is 105 cm³/mol. The van der Waals surface area contributed by atoms with Crippen LogP contribution in [0, 0.1) is 0 Å². The maximum absolute atomic E-state index is 12.2. The first-order chi connectivity index (χ1) is 13.2. The first kappa shape index (κ1) is 18.9. The number of fused-ring (bicyclic) bond motifs is 1. The fraction of sp³-hybridized carbons (Fsp3) is 0.381. The van der Waals surface area contributed by atoms with E-state index in [0.717, 1.165) is 42.1 Å². The third-order valence-electron chi connectivity index (χ3n) is 4.69. The van der Waals surface area contributed by atoms with E-state index in [0.29, 0.717) is 6.54 Å². The van der Waals surface area contributed by atoms with Crippen LogP contribution in [0.2, 0.25) is 0 Å². The molecule has 2 aromatic rings. The number of urea groups is 1. The number of carbonyl (C=O) groups is 2. The summed E-state index contributed by atoms with van der Waals surface area (Å²) in [7, 11) is 0. The van der Waals surface area contributed by atoms with Gasteiger partial charge in [0, 0.05) is 35.8 Å². The largest absolute Gasteiger partial charge is 0.459 e. The molecule has 1 fully saturated rings. The van der Waals surface area contributed by atoms with Crippen LogP contribution >= 0.6 is 0 Å². The van der Waals surface area contributed by atoms with Crippen molar-refractivity contribution in [2.45, 2.75) is 44.8 Å². The summed E-state index contributed by atoms with van der Waals surface area (Å²) in [5, 5.41) is 6.71. The van der Waals surface area contributed by atoms with Crippen molar-refractivity contribution in [2.24, 2.45) is 0 Å². The lowest BCUT2D eigenvalue weighted by molar-refractivity contribution is -0.144. The van der Waals surface area contributed by atoms with Crippen molar-refractivity contribution in [1.29, 1.82) is 0 Å². The Bertz CT molecular complexity index is 821. The molecule has 3 rings (SSSR count). The van der Waals surface area contributed by atoms with Gasteiger partial charge in [-0.1, -0.05) is 24.3 Å². The second kappa shape index (κ2) is 9.16. The molecule has 1 aliphatic carbocycles. The number of benzene rings is 1. The zero-order chi connectivity index (χ0) is 19.1. The van der Waals surface area contributed by atoms with Crippen LogP contribution in [0.25, 0.3) is 17.0 Å². The summed E-state index contributed by atoms with van der Waals surface area (Å²) in [6, 6.07) is 9.75. The first-order valence-corrected chi connectivity index (χ1v) is 9.42. The van der Waals surface area contributed by atoms with Gasteiger partial charge in [-0.15, -0.1) is 0 Å². The van der Waals surface area contributed by atoms with Crippen LogP contribution in [-0.2, 0) is 9.53 Å². The van der Waals surface area contributed by atoms with E-state index in [1.54, 1.807) is 12.3 Å². The molecule has 1 aromatic heterocycles. The third-order valence-corrected chi connectivity index (χ3v) is 4.69. The maximum Gasteiger partial charge on any atom is 0.331 e. The van der Waals surface area contributed by atoms with Gasteiger partial charge in [-0.3, -0.25) is 4.98 Å². The van der Waals surface area contributed by atoms with Crippen LogP contribution < -0.4 is 10.6 Å². The Morgan fingerprint density at radius 3 is 2.74 bits per heavy atom. The number of hydrogen-bond donors (Lipinski definition) is 2. The molecular formula is C21H25N3O3. The van der Waals surface area contributed by atoms with Gasteiger partial charge in [-0.2, -0.15) is 0 Å². The molecule has 0 atom stereocenters. The maximum atomic E-state index is 12.2. The normalized spacial score (nSPS) is 19.7. The first-order valence-electron chi connectivity index (χ1n) is 9.42. The van der Waals surface area contributed by atoms with E-state index in [-0.39, 0.29) is 24.1 Å². The minimum Gasteiger partial charge on any atom is -0.459 e. The van der Waals surface area contributed by atoms with E-state index in [2.05, 4.69) is 15.6 Å². The van der Waals surface area contributed by atoms with Crippen molar-refractivity contribution in [3.05, 3.63) is 48.2 Å². The number of rotatable bonds is 5. The molecule has 142 valence electrons. The molecule has 0 aliphatic heterocycles. The molecule has 6 heteroatoms. The average Bonchev–Trinajstić information content (AvgIpc) is 2.68. The van der Waals surface area contributed by atoms with Gasteiger partial charge in [0.2, 0.25) is 0 Å². The monoisotopic (exact) mass is 367 g/mol. The van der Waals surface area contributed by atoms with Crippen molar-refractivity contribution < 1.29 is 14.3 Å². The molecule has 27 heavy (non-hydrogen) atoms. The molecule has 1 aromatic carbocycles. The molecule has 0 radical (unpaired) electrons. The summed E-state index contributed by atoms with van der Waals surface area (Å²) in [6.07, 6.45) is 7.99. The number of amides is 2. The molecule has 2 N–H and O–H groups in total. The van der Waals surface area contributed by atoms with Gasteiger partial charge in [-0.05, 0) is 44.7 Å². The summed E-state index contributed by atoms with van der Waals surface area (Å²) in [6.45, 7) is 2.50. The van der Waals surface area contributed by atoms with Crippen molar-refractivity contribution in [1.82, 2.24) is 15.6 Å². The summed E-state index contributed by atoms with van der Waals surface area (Å²) < 4.78 is 5.55. The van der Waals surface area contributed by atoms with Crippen molar-refractivity contribution in [3.63, 3.8) is 0 Å². The van der Waals surface area contributed by atoms with E-state index in [9.17, 15) is 9.59 Å². The minimum absolute atomic E-state index is 0.0971. The van der Waals surface area contributed by atoms with Crippen LogP contribution in [0.4, 0.5) is 4.79 Å². The Balaban J connectivity index is 1.50. The highest BCUT2D eigenvalue weighted by atomic mass is 16.5. The van der Waals surface area contributed by atoms with Gasteiger partial charge in [-0.25, -0.2) is 9.59 Å². The summed E-state index contributed by atoms with van der Waals surface area (Å²) in [5.41, 5.74) is 1.75. The lowest BCUT2D eigenvalue weighted by Gasteiger charge is -2.28. The Labute approximate surface area is 159 Å². The lowest BCUT2D eigenvalue weighted by Crippen LogP contribution is -2.44. The number of esters is 1. The Kier molecular flexibility index (Phi) is 6.41. The summed E-state index contributed by atoms with van der Waals surface area (Å²) in [4.78, 5) is 28.1. The molecule has 2 amide bonds. The third kappa shape index (κ3) is 5.29. The molecule has 1 aliphatic rings. The second-order valence-electron chi connectivity index (χ2n) is 6.67. The van der Waals surface area contributed by atoms with Crippen molar-refractivity contribution in [3.8, 4) is 0 Å². The Morgan fingerprint density at radius 2 is 1.96 bits per heavy atom. The molecule has 1 saturated carbocycles.